The molecule has 0 heterocycles. The van der Waals surface area contributed by atoms with Crippen LogP contribution in [0.3, 0.4) is 0 Å². The minimum atomic E-state index is -2.58. The number of carbonyl (C=O) groups is 1. The van der Waals surface area contributed by atoms with Gasteiger partial charge in [-0.3, -0.25) is 4.79 Å². The average Bonchev–Trinajstić information content (AvgIpc) is 2.60. The summed E-state index contributed by atoms with van der Waals surface area (Å²) in [4.78, 5) is 13.8. The maximum Gasteiger partial charge on any atom is 0.257 e. The third-order valence-electron chi connectivity index (χ3n) is 3.60. The van der Waals surface area contributed by atoms with E-state index in [9.17, 15) is 13.6 Å². The van der Waals surface area contributed by atoms with Crippen molar-refractivity contribution in [1.29, 1.82) is 0 Å². The van der Waals surface area contributed by atoms with Crippen molar-refractivity contribution in [3.63, 3.8) is 0 Å². The van der Waals surface area contributed by atoms with Crippen molar-refractivity contribution in [3.05, 3.63) is 64.7 Å². The molecule has 0 atom stereocenters. The molecule has 0 bridgehead atoms. The van der Waals surface area contributed by atoms with Crippen LogP contribution in [0, 0.1) is 0 Å². The Morgan fingerprint density at radius 2 is 1.84 bits per heavy atom. The number of hydrogen-bond acceptors (Lipinski definition) is 2. The van der Waals surface area contributed by atoms with Crippen LogP contribution in [-0.4, -0.2) is 30.3 Å². The summed E-state index contributed by atoms with van der Waals surface area (Å²) in [6.45, 7) is 1.70. The summed E-state index contributed by atoms with van der Waals surface area (Å²) in [7, 11) is 0. The van der Waals surface area contributed by atoms with E-state index in [2.05, 4.69) is 0 Å². The van der Waals surface area contributed by atoms with E-state index < -0.39 is 18.9 Å². The molecule has 0 saturated heterocycles. The Labute approximate surface area is 151 Å². The molecular weight excluding hydrogens is 348 g/mol. The fourth-order valence-corrected chi connectivity index (χ4v) is 2.61. The molecule has 0 saturated carbocycles. The van der Waals surface area contributed by atoms with Crippen molar-refractivity contribution in [2.24, 2.45) is 0 Å². The smallest absolute Gasteiger partial charge is 0.257 e. The van der Waals surface area contributed by atoms with Crippen molar-refractivity contribution >= 4 is 17.5 Å². The predicted molar refractivity (Wildman–Crippen MR) is 94.4 cm³/mol. The van der Waals surface area contributed by atoms with E-state index in [4.69, 9.17) is 16.3 Å². The zero-order chi connectivity index (χ0) is 18.2. The number of halogens is 3. The van der Waals surface area contributed by atoms with Crippen LogP contribution in [-0.2, 0) is 6.61 Å². The molecule has 0 N–H and O–H groups in total. The number of nitrogens with zero attached hydrogens (tertiary/aromatic N) is 1. The molecular formula is C19H20ClF2NO2. The van der Waals surface area contributed by atoms with Gasteiger partial charge >= 0.3 is 0 Å². The second-order valence-electron chi connectivity index (χ2n) is 5.52. The van der Waals surface area contributed by atoms with Crippen LogP contribution in [0.4, 0.5) is 8.78 Å². The molecule has 1 amide bonds. The van der Waals surface area contributed by atoms with Gasteiger partial charge in [-0.2, -0.15) is 0 Å². The predicted octanol–water partition coefficient (Wildman–Crippen LogP) is 5.04. The molecule has 0 aliphatic carbocycles. The summed E-state index contributed by atoms with van der Waals surface area (Å²) in [5.74, 6) is -0.111. The van der Waals surface area contributed by atoms with Crippen LogP contribution < -0.4 is 4.74 Å². The van der Waals surface area contributed by atoms with E-state index in [1.165, 1.54) is 0 Å². The average molecular weight is 368 g/mol. The molecule has 0 fully saturated rings. The number of rotatable bonds is 8. The summed E-state index contributed by atoms with van der Waals surface area (Å²) in [6.07, 6.45) is -1.98. The monoisotopic (exact) mass is 367 g/mol. The summed E-state index contributed by atoms with van der Waals surface area (Å²) < 4.78 is 31.3. The number of amides is 1. The van der Waals surface area contributed by atoms with Gasteiger partial charge in [-0.1, -0.05) is 48.9 Å². The van der Waals surface area contributed by atoms with Gasteiger partial charge in [0.2, 0.25) is 0 Å². The lowest BCUT2D eigenvalue weighted by Gasteiger charge is -2.23. The van der Waals surface area contributed by atoms with Crippen molar-refractivity contribution in [3.8, 4) is 5.75 Å². The maximum atomic E-state index is 12.8. The number of para-hydroxylation sites is 1. The lowest BCUT2D eigenvalue weighted by atomic mass is 10.1. The molecule has 3 nitrogen and oxygen atoms in total. The van der Waals surface area contributed by atoms with Gasteiger partial charge in [0.15, 0.2) is 0 Å². The second kappa shape index (κ2) is 9.37. The SMILES string of the molecule is CCCN(CC(F)F)C(=O)c1ccccc1OCc1ccccc1Cl. The third-order valence-corrected chi connectivity index (χ3v) is 3.97. The Kier molecular flexibility index (Phi) is 7.19. The fraction of sp³-hybridized carbons (Fsp3) is 0.316. The molecule has 25 heavy (non-hydrogen) atoms. The lowest BCUT2D eigenvalue weighted by molar-refractivity contribution is 0.0551. The van der Waals surface area contributed by atoms with E-state index in [1.807, 2.05) is 25.1 Å². The molecule has 0 spiro atoms. The first-order valence-electron chi connectivity index (χ1n) is 8.05. The second-order valence-corrected chi connectivity index (χ2v) is 5.93. The van der Waals surface area contributed by atoms with E-state index in [0.717, 1.165) is 10.5 Å². The summed E-state index contributed by atoms with van der Waals surface area (Å²) in [6, 6.07) is 13.9. The highest BCUT2D eigenvalue weighted by molar-refractivity contribution is 6.31. The molecule has 134 valence electrons. The largest absolute Gasteiger partial charge is 0.488 e. The Morgan fingerprint density at radius 1 is 1.16 bits per heavy atom. The van der Waals surface area contributed by atoms with E-state index in [1.54, 1.807) is 30.3 Å². The van der Waals surface area contributed by atoms with Crippen LogP contribution in [0.1, 0.15) is 29.3 Å². The van der Waals surface area contributed by atoms with Gasteiger partial charge in [-0.15, -0.1) is 0 Å². The van der Waals surface area contributed by atoms with Crippen LogP contribution >= 0.6 is 11.6 Å². The Bertz CT molecular complexity index is 709. The van der Waals surface area contributed by atoms with Crippen molar-refractivity contribution in [2.45, 2.75) is 26.4 Å². The van der Waals surface area contributed by atoms with Gasteiger partial charge in [-0.25, -0.2) is 8.78 Å². The zero-order valence-corrected chi connectivity index (χ0v) is 14.7. The van der Waals surface area contributed by atoms with Gasteiger partial charge in [-0.05, 0) is 24.6 Å². The number of ether oxygens (including phenoxy) is 1. The molecule has 2 aromatic carbocycles. The van der Waals surface area contributed by atoms with Crippen LogP contribution in [0.15, 0.2) is 48.5 Å². The molecule has 0 aliphatic heterocycles. The highest BCUT2D eigenvalue weighted by Gasteiger charge is 2.22. The summed E-state index contributed by atoms with van der Waals surface area (Å²) in [5.41, 5.74) is 1.05. The van der Waals surface area contributed by atoms with E-state index >= 15 is 0 Å². The van der Waals surface area contributed by atoms with Crippen LogP contribution in [0.25, 0.3) is 0 Å². The Hall–Kier alpha value is -2.14. The minimum Gasteiger partial charge on any atom is -0.488 e. The van der Waals surface area contributed by atoms with Gasteiger partial charge < -0.3 is 9.64 Å². The van der Waals surface area contributed by atoms with Crippen molar-refractivity contribution in [2.75, 3.05) is 13.1 Å². The minimum absolute atomic E-state index is 0.187. The number of carbonyl (C=O) groups excluding carboxylic acids is 1. The van der Waals surface area contributed by atoms with E-state index in [-0.39, 0.29) is 18.7 Å². The zero-order valence-electron chi connectivity index (χ0n) is 13.9. The van der Waals surface area contributed by atoms with Gasteiger partial charge in [0.1, 0.15) is 12.4 Å². The van der Waals surface area contributed by atoms with Crippen LogP contribution in [0.5, 0.6) is 5.75 Å². The van der Waals surface area contributed by atoms with Crippen LogP contribution in [0.2, 0.25) is 5.02 Å². The topological polar surface area (TPSA) is 29.5 Å². The normalized spacial score (nSPS) is 10.8. The van der Waals surface area contributed by atoms with Gasteiger partial charge in [0.05, 0.1) is 12.1 Å². The summed E-state index contributed by atoms with van der Waals surface area (Å²) in [5, 5.41) is 0.566. The first-order chi connectivity index (χ1) is 12.0. The Morgan fingerprint density at radius 3 is 2.52 bits per heavy atom. The number of benzene rings is 2. The fourth-order valence-electron chi connectivity index (χ4n) is 2.42. The molecule has 6 heteroatoms. The third kappa shape index (κ3) is 5.43. The molecule has 2 rings (SSSR count). The highest BCUT2D eigenvalue weighted by Crippen LogP contribution is 2.23. The van der Waals surface area contributed by atoms with Crippen molar-refractivity contribution < 1.29 is 18.3 Å². The quantitative estimate of drug-likeness (QED) is 0.654. The van der Waals surface area contributed by atoms with Gasteiger partial charge in [0, 0.05) is 17.1 Å². The number of hydrogen-bond donors (Lipinski definition) is 0. The first kappa shape index (κ1) is 19.2. The molecule has 0 aliphatic rings. The standard InChI is InChI=1S/C19H20ClF2NO2/c1-2-11-23(12-18(21)22)19(24)15-8-4-6-10-17(15)25-13-14-7-3-5-9-16(14)20/h3-10,18H,2,11-13H2,1H3. The van der Waals surface area contributed by atoms with Gasteiger partial charge in [0.25, 0.3) is 12.3 Å². The highest BCUT2D eigenvalue weighted by atomic mass is 35.5. The maximum absolute atomic E-state index is 12.8. The molecule has 0 aromatic heterocycles. The molecule has 0 radical (unpaired) electrons. The first-order valence-corrected chi connectivity index (χ1v) is 8.43. The molecule has 2 aromatic rings. The van der Waals surface area contributed by atoms with E-state index in [0.29, 0.717) is 17.2 Å². The lowest BCUT2D eigenvalue weighted by Crippen LogP contribution is -2.36. The Balaban J connectivity index is 2.18. The number of alkyl halides is 2. The molecule has 0 unspecified atom stereocenters. The van der Waals surface area contributed by atoms with Crippen molar-refractivity contribution in [1.82, 2.24) is 4.90 Å². The summed E-state index contributed by atoms with van der Waals surface area (Å²) >= 11 is 6.10.